The van der Waals surface area contributed by atoms with Crippen molar-refractivity contribution >= 4 is 23.6 Å². The minimum Gasteiger partial charge on any atom is -0.508 e. The Morgan fingerprint density at radius 1 is 1.11 bits per heavy atom. The van der Waals surface area contributed by atoms with Crippen LogP contribution in [0.5, 0.6) is 5.75 Å². The van der Waals surface area contributed by atoms with Gasteiger partial charge in [-0.2, -0.15) is 11.8 Å². The number of ether oxygens (including phenoxy) is 1. The molecule has 0 saturated heterocycles. The molecule has 0 fully saturated rings. The quantitative estimate of drug-likeness (QED) is 0.567. The third-order valence-corrected chi connectivity index (χ3v) is 5.03. The Morgan fingerprint density at radius 3 is 2.41 bits per heavy atom. The van der Waals surface area contributed by atoms with Crippen molar-refractivity contribution in [2.45, 2.75) is 24.3 Å². The van der Waals surface area contributed by atoms with Crippen molar-refractivity contribution in [2.75, 3.05) is 12.9 Å². The van der Waals surface area contributed by atoms with Crippen LogP contribution < -0.4 is 11.1 Å². The molecule has 0 saturated carbocycles. The summed E-state index contributed by atoms with van der Waals surface area (Å²) in [5.41, 5.74) is 7.93. The Hall–Kier alpha value is -2.51. The summed E-state index contributed by atoms with van der Waals surface area (Å²) in [6, 6.07) is 14.8. The van der Waals surface area contributed by atoms with Gasteiger partial charge < -0.3 is 20.9 Å². The van der Waals surface area contributed by atoms with Gasteiger partial charge in [0.25, 0.3) is 0 Å². The number of amides is 1. The Morgan fingerprint density at radius 2 is 1.78 bits per heavy atom. The van der Waals surface area contributed by atoms with Gasteiger partial charge in [0.2, 0.25) is 5.91 Å². The number of benzene rings is 2. The molecule has 0 aliphatic carbocycles. The van der Waals surface area contributed by atoms with Gasteiger partial charge in [0, 0.05) is 11.5 Å². The molecule has 0 aliphatic heterocycles. The topological polar surface area (TPSA) is 102 Å². The van der Waals surface area contributed by atoms with Crippen molar-refractivity contribution in [3.8, 4) is 5.75 Å². The highest BCUT2D eigenvalue weighted by Gasteiger charge is 2.24. The van der Waals surface area contributed by atoms with Crippen LogP contribution in [0, 0.1) is 0 Å². The van der Waals surface area contributed by atoms with Crippen molar-refractivity contribution in [2.24, 2.45) is 5.73 Å². The molecule has 2 aromatic rings. The zero-order valence-electron chi connectivity index (χ0n) is 15.1. The Bertz CT molecular complexity index is 737. The molecule has 0 aromatic heterocycles. The lowest BCUT2D eigenvalue weighted by molar-refractivity contribution is -0.144. The van der Waals surface area contributed by atoms with Gasteiger partial charge in [-0.1, -0.05) is 42.5 Å². The number of phenols is 1. The van der Waals surface area contributed by atoms with Gasteiger partial charge >= 0.3 is 5.97 Å². The minimum atomic E-state index is -0.805. The van der Waals surface area contributed by atoms with Crippen LogP contribution in [0.15, 0.2) is 54.6 Å². The van der Waals surface area contributed by atoms with E-state index in [0.717, 1.165) is 16.9 Å². The predicted molar refractivity (Wildman–Crippen MR) is 106 cm³/mol. The fraction of sp³-hybridized carbons (Fsp3) is 0.300. The van der Waals surface area contributed by atoms with Crippen LogP contribution in [0.3, 0.4) is 0 Å². The standard InChI is InChI=1S/C20H24N2O4S/c1-26-20(25)18(13-27-12-15-5-3-2-4-6-15)22-19(24)17(21)11-14-7-9-16(23)10-8-14/h2-10,17-18,23H,11-13,21H2,1H3,(H,22,24). The summed E-state index contributed by atoms with van der Waals surface area (Å²) in [5, 5.41) is 12.0. The number of esters is 1. The van der Waals surface area contributed by atoms with E-state index >= 15 is 0 Å². The van der Waals surface area contributed by atoms with E-state index in [-0.39, 0.29) is 5.75 Å². The van der Waals surface area contributed by atoms with E-state index in [1.165, 1.54) is 31.0 Å². The van der Waals surface area contributed by atoms with Crippen LogP contribution in [0.1, 0.15) is 11.1 Å². The molecule has 0 bridgehead atoms. The zero-order chi connectivity index (χ0) is 19.6. The van der Waals surface area contributed by atoms with Gasteiger partial charge in [-0.3, -0.25) is 4.79 Å². The molecule has 0 heterocycles. The van der Waals surface area contributed by atoms with Crippen molar-refractivity contribution < 1.29 is 19.4 Å². The number of rotatable bonds is 9. The molecule has 7 heteroatoms. The number of hydrogen-bond acceptors (Lipinski definition) is 6. The van der Waals surface area contributed by atoms with Crippen LogP contribution in [-0.2, 0) is 26.5 Å². The highest BCUT2D eigenvalue weighted by molar-refractivity contribution is 7.98. The lowest BCUT2D eigenvalue weighted by atomic mass is 10.1. The number of phenolic OH excluding ortho intramolecular Hbond substituents is 1. The summed E-state index contributed by atoms with van der Waals surface area (Å²) >= 11 is 1.53. The summed E-state index contributed by atoms with van der Waals surface area (Å²) in [5.74, 6) is 0.348. The first-order valence-electron chi connectivity index (χ1n) is 8.53. The molecule has 0 radical (unpaired) electrons. The van der Waals surface area contributed by atoms with E-state index in [1.807, 2.05) is 30.3 Å². The monoisotopic (exact) mass is 388 g/mol. The molecule has 0 spiro atoms. The van der Waals surface area contributed by atoms with Gasteiger partial charge in [0.05, 0.1) is 13.2 Å². The van der Waals surface area contributed by atoms with E-state index in [4.69, 9.17) is 10.5 Å². The maximum absolute atomic E-state index is 12.4. The number of carbonyl (C=O) groups is 2. The average molecular weight is 388 g/mol. The van der Waals surface area contributed by atoms with Gasteiger partial charge in [-0.25, -0.2) is 4.79 Å². The van der Waals surface area contributed by atoms with Crippen molar-refractivity contribution in [1.82, 2.24) is 5.32 Å². The van der Waals surface area contributed by atoms with E-state index in [9.17, 15) is 14.7 Å². The lowest BCUT2D eigenvalue weighted by Crippen LogP contribution is -2.50. The molecule has 4 N–H and O–H groups in total. The second kappa shape index (κ2) is 10.6. The predicted octanol–water partition coefficient (Wildman–Crippen LogP) is 1.85. The summed E-state index contributed by atoms with van der Waals surface area (Å²) in [7, 11) is 1.29. The van der Waals surface area contributed by atoms with E-state index < -0.39 is 24.0 Å². The van der Waals surface area contributed by atoms with E-state index in [2.05, 4.69) is 5.32 Å². The number of carbonyl (C=O) groups excluding carboxylic acids is 2. The average Bonchev–Trinajstić information content (AvgIpc) is 2.69. The highest BCUT2D eigenvalue weighted by Crippen LogP contribution is 2.14. The first-order valence-corrected chi connectivity index (χ1v) is 9.68. The van der Waals surface area contributed by atoms with Crippen molar-refractivity contribution in [3.05, 3.63) is 65.7 Å². The van der Waals surface area contributed by atoms with Crippen LogP contribution in [0.4, 0.5) is 0 Å². The number of nitrogens with one attached hydrogen (secondary N) is 1. The number of thioether (sulfide) groups is 1. The van der Waals surface area contributed by atoms with E-state index in [1.54, 1.807) is 12.1 Å². The largest absolute Gasteiger partial charge is 0.508 e. The maximum atomic E-state index is 12.4. The molecule has 6 nitrogen and oxygen atoms in total. The van der Waals surface area contributed by atoms with Gasteiger partial charge in [-0.15, -0.1) is 0 Å². The van der Waals surface area contributed by atoms with Crippen molar-refractivity contribution in [1.29, 1.82) is 0 Å². The number of methoxy groups -OCH3 is 1. The van der Waals surface area contributed by atoms with Gasteiger partial charge in [0.1, 0.15) is 11.8 Å². The molecule has 144 valence electrons. The lowest BCUT2D eigenvalue weighted by Gasteiger charge is -2.19. The first-order chi connectivity index (χ1) is 13.0. The second-order valence-electron chi connectivity index (χ2n) is 6.06. The molecule has 2 atom stereocenters. The zero-order valence-corrected chi connectivity index (χ0v) is 15.9. The normalized spacial score (nSPS) is 12.8. The Labute approximate surface area is 163 Å². The molecule has 1 amide bonds. The molecular weight excluding hydrogens is 364 g/mol. The third-order valence-electron chi connectivity index (χ3n) is 3.93. The van der Waals surface area contributed by atoms with Crippen LogP contribution in [-0.4, -0.2) is 41.9 Å². The maximum Gasteiger partial charge on any atom is 0.329 e. The molecule has 2 rings (SSSR count). The Kier molecular flexibility index (Phi) is 8.16. The number of nitrogens with two attached hydrogens (primary N) is 1. The number of hydrogen-bond donors (Lipinski definition) is 3. The SMILES string of the molecule is COC(=O)C(CSCc1ccccc1)NC(=O)C(N)Cc1ccc(O)cc1. The summed E-state index contributed by atoms with van der Waals surface area (Å²) < 4.78 is 4.79. The van der Waals surface area contributed by atoms with Crippen LogP contribution >= 0.6 is 11.8 Å². The van der Waals surface area contributed by atoms with E-state index in [0.29, 0.717) is 12.2 Å². The molecule has 2 unspecified atom stereocenters. The number of aromatic hydroxyl groups is 1. The second-order valence-corrected chi connectivity index (χ2v) is 7.09. The minimum absolute atomic E-state index is 0.151. The fourth-order valence-corrected chi connectivity index (χ4v) is 3.44. The summed E-state index contributed by atoms with van der Waals surface area (Å²) in [6.45, 7) is 0. The smallest absolute Gasteiger partial charge is 0.329 e. The molecule has 2 aromatic carbocycles. The highest BCUT2D eigenvalue weighted by atomic mass is 32.2. The van der Waals surface area contributed by atoms with Crippen LogP contribution in [0.2, 0.25) is 0 Å². The molecular formula is C20H24N2O4S. The fourth-order valence-electron chi connectivity index (χ4n) is 2.44. The van der Waals surface area contributed by atoms with Gasteiger partial charge in [-0.05, 0) is 29.7 Å². The summed E-state index contributed by atoms with van der Waals surface area (Å²) in [6.07, 6.45) is 0.303. The summed E-state index contributed by atoms with van der Waals surface area (Å²) in [4.78, 5) is 24.4. The van der Waals surface area contributed by atoms with Crippen LogP contribution in [0.25, 0.3) is 0 Å². The molecule has 0 aliphatic rings. The first kappa shape index (κ1) is 20.8. The third kappa shape index (κ3) is 6.96. The van der Waals surface area contributed by atoms with Gasteiger partial charge in [0.15, 0.2) is 0 Å². The Balaban J connectivity index is 1.88. The molecule has 27 heavy (non-hydrogen) atoms. The van der Waals surface area contributed by atoms with Crippen molar-refractivity contribution in [3.63, 3.8) is 0 Å².